The number of benzene rings is 1. The van der Waals surface area contributed by atoms with E-state index in [9.17, 15) is 4.79 Å². The molecule has 1 aromatic carbocycles. The highest BCUT2D eigenvalue weighted by atomic mass is 19.1. The van der Waals surface area contributed by atoms with Crippen molar-refractivity contribution >= 4 is 11.5 Å². The van der Waals surface area contributed by atoms with E-state index in [-0.39, 0.29) is 11.0 Å². The third-order valence-corrected chi connectivity index (χ3v) is 6.11. The molecule has 0 N–H and O–H groups in total. The van der Waals surface area contributed by atoms with Crippen LogP contribution in [0.1, 0.15) is 95.5 Å². The van der Waals surface area contributed by atoms with Gasteiger partial charge in [-0.2, -0.15) is 0 Å². The average molecular weight is 413 g/mol. The van der Waals surface area contributed by atoms with Gasteiger partial charge in [-0.3, -0.25) is 0 Å². The number of allylic oxidation sites excluding steroid dienone is 5. The Morgan fingerprint density at radius 2 is 2.00 bits per heavy atom. The van der Waals surface area contributed by atoms with E-state index in [1.54, 1.807) is 18.2 Å². The molecule has 0 aliphatic heterocycles. The van der Waals surface area contributed by atoms with Gasteiger partial charge in [0.2, 0.25) is 0 Å². The van der Waals surface area contributed by atoms with E-state index < -0.39 is 11.8 Å². The third-order valence-electron chi connectivity index (χ3n) is 6.11. The first kappa shape index (κ1) is 24.1. The van der Waals surface area contributed by atoms with Gasteiger partial charge < -0.3 is 4.74 Å². The molecule has 1 aliphatic carbocycles. The Hall–Kier alpha value is -2.16. The molecule has 0 amide bonds. The summed E-state index contributed by atoms with van der Waals surface area (Å²) < 4.78 is 20.6. The summed E-state index contributed by atoms with van der Waals surface area (Å²) in [5.74, 6) is -0.857. The number of carbonyl (C=O) groups excluding carboxylic acids is 1. The van der Waals surface area contributed by atoms with Crippen molar-refractivity contribution in [2.24, 2.45) is 5.41 Å². The summed E-state index contributed by atoms with van der Waals surface area (Å²) in [5, 5.41) is 0. The lowest BCUT2D eigenvalue weighted by molar-refractivity contribution is 0.0497. The summed E-state index contributed by atoms with van der Waals surface area (Å²) in [6.07, 6.45) is 9.17. The van der Waals surface area contributed by atoms with E-state index in [2.05, 4.69) is 34.3 Å². The molecule has 0 heterocycles. The molecule has 0 saturated carbocycles. The Balaban J connectivity index is 2.35. The van der Waals surface area contributed by atoms with Gasteiger partial charge in [0.25, 0.3) is 0 Å². The van der Waals surface area contributed by atoms with Gasteiger partial charge in [-0.1, -0.05) is 64.3 Å². The maximum atomic E-state index is 15.3. The molecule has 0 spiro atoms. The monoisotopic (exact) mass is 412 g/mol. The second kappa shape index (κ2) is 10.7. The highest BCUT2D eigenvalue weighted by molar-refractivity contribution is 5.91. The van der Waals surface area contributed by atoms with Crippen molar-refractivity contribution in [2.45, 2.75) is 79.6 Å². The molecule has 0 unspecified atom stereocenters. The molecule has 2 nitrogen and oxygen atoms in total. The molecule has 164 valence electrons. The van der Waals surface area contributed by atoms with Crippen molar-refractivity contribution in [3.05, 3.63) is 64.5 Å². The van der Waals surface area contributed by atoms with Crippen LogP contribution in [0.15, 0.2) is 47.6 Å². The van der Waals surface area contributed by atoms with Gasteiger partial charge in [0.1, 0.15) is 5.82 Å². The Morgan fingerprint density at radius 3 is 2.60 bits per heavy atom. The molecular formula is C27H37FO2. The van der Waals surface area contributed by atoms with Gasteiger partial charge in [-0.15, -0.1) is 0 Å². The first-order valence-corrected chi connectivity index (χ1v) is 11.2. The molecule has 30 heavy (non-hydrogen) atoms. The van der Waals surface area contributed by atoms with Crippen LogP contribution in [0.3, 0.4) is 0 Å². The standard InChI is InChI=1S/C27H37FO2/c1-7-9-10-11-17-30-26(29)21-14-15-22(23(28)18-21)24(19(3)8-2)25-20(4)13-12-16-27(25,5)6/h8,14-15,18H,2,7,9-13,16-17H2,1,3-6H3/b24-19-. The van der Waals surface area contributed by atoms with Gasteiger partial charge in [0, 0.05) is 5.56 Å². The van der Waals surface area contributed by atoms with E-state index in [0.29, 0.717) is 12.2 Å². The smallest absolute Gasteiger partial charge is 0.338 e. The Kier molecular flexibility index (Phi) is 8.64. The van der Waals surface area contributed by atoms with Crippen molar-refractivity contribution in [3.8, 4) is 0 Å². The lowest BCUT2D eigenvalue weighted by Gasteiger charge is -2.37. The number of hydrogen-bond acceptors (Lipinski definition) is 2. The van der Waals surface area contributed by atoms with E-state index in [1.165, 1.54) is 17.2 Å². The zero-order valence-electron chi connectivity index (χ0n) is 19.4. The molecule has 1 aliphatic rings. The lowest BCUT2D eigenvalue weighted by atomic mass is 9.68. The van der Waals surface area contributed by atoms with Crippen LogP contribution in [0.2, 0.25) is 0 Å². The van der Waals surface area contributed by atoms with Crippen LogP contribution in [-0.4, -0.2) is 12.6 Å². The first-order valence-electron chi connectivity index (χ1n) is 11.2. The minimum Gasteiger partial charge on any atom is -0.462 e. The molecule has 0 fully saturated rings. The Bertz CT molecular complexity index is 842. The fourth-order valence-electron chi connectivity index (χ4n) is 4.44. The van der Waals surface area contributed by atoms with Gasteiger partial charge in [-0.05, 0) is 73.8 Å². The number of esters is 1. The minimum absolute atomic E-state index is 0.0372. The molecule has 3 heteroatoms. The molecule has 0 saturated heterocycles. The first-order chi connectivity index (χ1) is 14.2. The van der Waals surface area contributed by atoms with E-state index in [0.717, 1.165) is 56.1 Å². The molecule has 1 aromatic rings. The SMILES string of the molecule is C=C/C(C)=C(\C1=C(C)CCCC1(C)C)c1ccc(C(=O)OCCCCCC)cc1F. The number of ether oxygens (including phenoxy) is 1. The Morgan fingerprint density at radius 1 is 1.27 bits per heavy atom. The van der Waals surface area contributed by atoms with Crippen molar-refractivity contribution in [1.29, 1.82) is 0 Å². The summed E-state index contributed by atoms with van der Waals surface area (Å²) in [4.78, 5) is 12.3. The quantitative estimate of drug-likeness (QED) is 0.233. The maximum Gasteiger partial charge on any atom is 0.338 e. The van der Waals surface area contributed by atoms with Crippen molar-refractivity contribution in [3.63, 3.8) is 0 Å². The number of halogens is 1. The van der Waals surface area contributed by atoms with E-state index in [1.807, 2.05) is 6.92 Å². The molecule has 0 radical (unpaired) electrons. The maximum absolute atomic E-state index is 15.3. The molecule has 0 bridgehead atoms. The predicted molar refractivity (Wildman–Crippen MR) is 124 cm³/mol. The normalized spacial score (nSPS) is 16.9. The highest BCUT2D eigenvalue weighted by Gasteiger charge is 2.32. The summed E-state index contributed by atoms with van der Waals surface area (Å²) in [6, 6.07) is 4.71. The lowest BCUT2D eigenvalue weighted by Crippen LogP contribution is -2.22. The second-order valence-electron chi connectivity index (χ2n) is 9.05. The predicted octanol–water partition coefficient (Wildman–Crippen LogP) is 8.05. The number of unbranched alkanes of at least 4 members (excludes halogenated alkanes) is 3. The van der Waals surface area contributed by atoms with Crippen molar-refractivity contribution < 1.29 is 13.9 Å². The zero-order valence-corrected chi connectivity index (χ0v) is 19.4. The topological polar surface area (TPSA) is 26.3 Å². The molecule has 0 atom stereocenters. The summed E-state index contributed by atoms with van der Waals surface area (Å²) >= 11 is 0. The van der Waals surface area contributed by atoms with Crippen LogP contribution < -0.4 is 0 Å². The van der Waals surface area contributed by atoms with Crippen LogP contribution in [-0.2, 0) is 4.74 Å². The average Bonchev–Trinajstić information content (AvgIpc) is 2.70. The fraction of sp³-hybridized carbons (Fsp3) is 0.519. The molecular weight excluding hydrogens is 375 g/mol. The summed E-state index contributed by atoms with van der Waals surface area (Å²) in [7, 11) is 0. The van der Waals surface area contributed by atoms with Gasteiger partial charge in [0.15, 0.2) is 0 Å². The van der Waals surface area contributed by atoms with E-state index >= 15 is 4.39 Å². The minimum atomic E-state index is -0.462. The van der Waals surface area contributed by atoms with Crippen LogP contribution in [0.4, 0.5) is 4.39 Å². The van der Waals surface area contributed by atoms with Crippen LogP contribution in [0.5, 0.6) is 0 Å². The fourth-order valence-corrected chi connectivity index (χ4v) is 4.44. The van der Waals surface area contributed by atoms with Crippen LogP contribution >= 0.6 is 0 Å². The summed E-state index contributed by atoms with van der Waals surface area (Å²) in [5.41, 5.74) is 5.11. The molecule has 0 aromatic heterocycles. The van der Waals surface area contributed by atoms with Gasteiger partial charge in [-0.25, -0.2) is 9.18 Å². The second-order valence-corrected chi connectivity index (χ2v) is 9.05. The van der Waals surface area contributed by atoms with Crippen LogP contribution in [0.25, 0.3) is 5.57 Å². The summed E-state index contributed by atoms with van der Waals surface area (Å²) in [6.45, 7) is 15.0. The van der Waals surface area contributed by atoms with Crippen LogP contribution in [0, 0.1) is 11.2 Å². The number of hydrogen-bond donors (Lipinski definition) is 0. The van der Waals surface area contributed by atoms with Crippen molar-refractivity contribution in [2.75, 3.05) is 6.61 Å². The highest BCUT2D eigenvalue weighted by Crippen LogP contribution is 2.48. The van der Waals surface area contributed by atoms with E-state index in [4.69, 9.17) is 4.74 Å². The number of carbonyl (C=O) groups is 1. The Labute approximate surface area is 181 Å². The molecule has 2 rings (SSSR count). The van der Waals surface area contributed by atoms with Gasteiger partial charge >= 0.3 is 5.97 Å². The third kappa shape index (κ3) is 5.71. The zero-order chi connectivity index (χ0) is 22.3. The van der Waals surface area contributed by atoms with Gasteiger partial charge in [0.05, 0.1) is 12.2 Å². The number of rotatable bonds is 9. The largest absolute Gasteiger partial charge is 0.462 e. The van der Waals surface area contributed by atoms with Crippen molar-refractivity contribution in [1.82, 2.24) is 0 Å².